The molecule has 4 rings (SSSR count). The lowest BCUT2D eigenvalue weighted by Crippen LogP contribution is -2.70. The largest absolute Gasteiger partial charge is 0.420 e. The molecular formula is C25H23N4O4+. The van der Waals surface area contributed by atoms with E-state index in [0.29, 0.717) is 22.5 Å². The van der Waals surface area contributed by atoms with E-state index < -0.39 is 28.1 Å². The summed E-state index contributed by atoms with van der Waals surface area (Å²) in [7, 11) is 0. The number of nitrogens with zero attached hydrogens (tertiary/aromatic N) is 2. The number of benzene rings is 2. The first-order chi connectivity index (χ1) is 15.8. The van der Waals surface area contributed by atoms with Gasteiger partial charge in [-0.1, -0.05) is 24.1 Å². The summed E-state index contributed by atoms with van der Waals surface area (Å²) in [6, 6.07) is 17.0. The second-order valence-corrected chi connectivity index (χ2v) is 8.06. The zero-order valence-corrected chi connectivity index (χ0v) is 17.7. The number of rotatable bonds is 4. The predicted molar refractivity (Wildman–Crippen MR) is 124 cm³/mol. The van der Waals surface area contributed by atoms with Crippen LogP contribution in [-0.4, -0.2) is 34.3 Å². The van der Waals surface area contributed by atoms with Gasteiger partial charge in [-0.15, -0.1) is 6.42 Å². The Bertz CT molecular complexity index is 1320. The van der Waals surface area contributed by atoms with E-state index in [0.717, 1.165) is 0 Å². The zero-order chi connectivity index (χ0) is 23.8. The third-order valence-corrected chi connectivity index (χ3v) is 6.37. The number of carbonyl (C=O) groups is 2. The SMILES string of the molecule is C#Cc1ccc([N+]2(C(N)=O)C[C@H](O)C[C@]2(C(N)=O)c2ccc(-n3ccccc3=O)cc2)cc1. The van der Waals surface area contributed by atoms with E-state index in [-0.39, 0.29) is 18.5 Å². The summed E-state index contributed by atoms with van der Waals surface area (Å²) >= 11 is 0. The number of nitrogens with two attached hydrogens (primary N) is 2. The zero-order valence-electron chi connectivity index (χ0n) is 17.7. The van der Waals surface area contributed by atoms with Crippen LogP contribution in [0.25, 0.3) is 5.69 Å². The number of aromatic nitrogens is 1. The number of terminal acetylenes is 1. The first-order valence-corrected chi connectivity index (χ1v) is 10.3. The molecule has 0 saturated carbocycles. The van der Waals surface area contributed by atoms with Crippen LogP contribution in [0, 0.1) is 12.3 Å². The molecule has 33 heavy (non-hydrogen) atoms. The number of likely N-dealkylation sites (tertiary alicyclic amines) is 1. The van der Waals surface area contributed by atoms with Crippen molar-refractivity contribution in [1.29, 1.82) is 0 Å². The summed E-state index contributed by atoms with van der Waals surface area (Å²) in [5.74, 6) is 1.70. The smallest absolute Gasteiger partial charge is 0.387 e. The first-order valence-electron chi connectivity index (χ1n) is 10.3. The van der Waals surface area contributed by atoms with Crippen molar-refractivity contribution >= 4 is 17.6 Å². The van der Waals surface area contributed by atoms with Gasteiger partial charge in [0.2, 0.25) is 5.54 Å². The number of quaternary nitrogens is 1. The maximum absolute atomic E-state index is 13.1. The normalized spacial score (nSPS) is 24.2. The van der Waals surface area contributed by atoms with Crippen LogP contribution in [-0.2, 0) is 10.3 Å². The molecule has 166 valence electrons. The van der Waals surface area contributed by atoms with Crippen LogP contribution in [0.5, 0.6) is 0 Å². The van der Waals surface area contributed by atoms with Crippen LogP contribution >= 0.6 is 0 Å². The fourth-order valence-corrected chi connectivity index (χ4v) is 4.88. The Morgan fingerprint density at radius 2 is 1.73 bits per heavy atom. The Labute approximate surface area is 190 Å². The van der Waals surface area contributed by atoms with E-state index in [9.17, 15) is 19.5 Å². The third kappa shape index (κ3) is 3.22. The van der Waals surface area contributed by atoms with Gasteiger partial charge in [0.05, 0.1) is 0 Å². The summed E-state index contributed by atoms with van der Waals surface area (Å²) in [4.78, 5) is 38.3. The molecule has 1 aliphatic heterocycles. The highest BCUT2D eigenvalue weighted by Gasteiger charge is 2.68. The van der Waals surface area contributed by atoms with Crippen molar-refractivity contribution in [3.63, 3.8) is 0 Å². The van der Waals surface area contributed by atoms with Crippen LogP contribution in [0.4, 0.5) is 10.5 Å². The Morgan fingerprint density at radius 1 is 1.06 bits per heavy atom. The van der Waals surface area contributed by atoms with Crippen molar-refractivity contribution in [2.75, 3.05) is 6.54 Å². The summed E-state index contributed by atoms with van der Waals surface area (Å²) < 4.78 is 0.762. The van der Waals surface area contributed by atoms with Gasteiger partial charge in [0, 0.05) is 47.6 Å². The molecule has 8 heteroatoms. The lowest BCUT2D eigenvalue weighted by molar-refractivity contribution is -0.127. The number of hydrogen-bond acceptors (Lipinski definition) is 4. The minimum atomic E-state index is -1.66. The van der Waals surface area contributed by atoms with Crippen molar-refractivity contribution in [3.05, 3.63) is 94.4 Å². The van der Waals surface area contributed by atoms with Crippen LogP contribution in [0.15, 0.2) is 77.7 Å². The molecule has 3 amide bonds. The Balaban J connectivity index is 1.94. The number of amides is 3. The first kappa shape index (κ1) is 22.0. The molecule has 0 radical (unpaired) electrons. The molecule has 1 saturated heterocycles. The van der Waals surface area contributed by atoms with E-state index in [4.69, 9.17) is 17.9 Å². The molecule has 0 spiro atoms. The summed E-state index contributed by atoms with van der Waals surface area (Å²) in [5, 5.41) is 10.7. The Morgan fingerprint density at radius 3 is 2.27 bits per heavy atom. The van der Waals surface area contributed by atoms with E-state index in [1.807, 2.05) is 0 Å². The minimum absolute atomic E-state index is 0.104. The molecule has 3 atom stereocenters. The van der Waals surface area contributed by atoms with Gasteiger partial charge in [0.1, 0.15) is 18.3 Å². The van der Waals surface area contributed by atoms with Crippen LogP contribution in [0.1, 0.15) is 17.5 Å². The second kappa shape index (κ2) is 8.06. The van der Waals surface area contributed by atoms with Crippen LogP contribution in [0.3, 0.4) is 0 Å². The number of primary amides is 2. The molecule has 0 bridgehead atoms. The van der Waals surface area contributed by atoms with Gasteiger partial charge in [-0.3, -0.25) is 14.2 Å². The molecule has 1 aromatic heterocycles. The summed E-state index contributed by atoms with van der Waals surface area (Å²) in [6.07, 6.45) is 5.95. The van der Waals surface area contributed by atoms with Gasteiger partial charge in [0.25, 0.3) is 11.5 Å². The number of aliphatic hydroxyl groups is 1. The maximum Gasteiger partial charge on any atom is 0.420 e. The van der Waals surface area contributed by atoms with Crippen LogP contribution < -0.4 is 21.5 Å². The summed E-state index contributed by atoms with van der Waals surface area (Å²) in [6.45, 7) is -0.131. The Kier molecular flexibility index (Phi) is 5.38. The van der Waals surface area contributed by atoms with Crippen molar-refractivity contribution in [2.45, 2.75) is 18.1 Å². The molecule has 1 fully saturated rings. The number of carbonyl (C=O) groups excluding carboxylic acids is 2. The number of hydrogen-bond donors (Lipinski definition) is 3. The molecule has 1 aliphatic rings. The van der Waals surface area contributed by atoms with E-state index in [1.54, 1.807) is 66.9 Å². The van der Waals surface area contributed by atoms with Crippen molar-refractivity contribution in [3.8, 4) is 18.0 Å². The number of aliphatic hydroxyl groups excluding tert-OH is 1. The molecule has 1 unspecified atom stereocenters. The fraction of sp³-hybridized carbons (Fsp3) is 0.160. The molecule has 5 N–H and O–H groups in total. The average Bonchev–Trinajstić information content (AvgIpc) is 3.15. The summed E-state index contributed by atoms with van der Waals surface area (Å²) in [5.41, 5.74) is 11.9. The van der Waals surface area contributed by atoms with E-state index in [2.05, 4.69) is 5.92 Å². The molecule has 0 aliphatic carbocycles. The van der Waals surface area contributed by atoms with Gasteiger partial charge in [0.15, 0.2) is 0 Å². The highest BCUT2D eigenvalue weighted by molar-refractivity contribution is 5.99. The van der Waals surface area contributed by atoms with Gasteiger partial charge in [-0.25, -0.2) is 4.79 Å². The average molecular weight is 443 g/mol. The molecule has 2 heterocycles. The standard InChI is InChI=1S/C25H22N4O4/c1-2-17-6-12-20(13-7-17)29(24(27)33)16-21(30)15-25(29,23(26)32)18-8-10-19(11-9-18)28-14-4-3-5-22(28)31/h1,3-14,21,30H,15-16H2,(H3-,26,27,32,33)/p+1/t21-,25-,29?/m1/s1. The van der Waals surface area contributed by atoms with Crippen LogP contribution in [0.2, 0.25) is 0 Å². The van der Waals surface area contributed by atoms with Gasteiger partial charge >= 0.3 is 6.03 Å². The van der Waals surface area contributed by atoms with E-state index in [1.165, 1.54) is 10.6 Å². The van der Waals surface area contributed by atoms with Gasteiger partial charge in [-0.2, -0.15) is 4.48 Å². The third-order valence-electron chi connectivity index (χ3n) is 6.37. The quantitative estimate of drug-likeness (QED) is 0.415. The maximum atomic E-state index is 13.1. The van der Waals surface area contributed by atoms with Crippen molar-refractivity contribution in [1.82, 2.24) is 9.05 Å². The topological polar surface area (TPSA) is 128 Å². The Hall–Kier alpha value is -4.19. The highest BCUT2D eigenvalue weighted by Crippen LogP contribution is 2.49. The lowest BCUT2D eigenvalue weighted by Gasteiger charge is -2.42. The lowest BCUT2D eigenvalue weighted by atomic mass is 9.83. The van der Waals surface area contributed by atoms with Gasteiger partial charge < -0.3 is 16.6 Å². The number of pyridine rings is 1. The minimum Gasteiger partial charge on any atom is -0.387 e. The van der Waals surface area contributed by atoms with Gasteiger partial charge in [-0.05, 0) is 30.3 Å². The monoisotopic (exact) mass is 443 g/mol. The molecular weight excluding hydrogens is 420 g/mol. The molecule has 8 nitrogen and oxygen atoms in total. The molecule has 2 aromatic carbocycles. The fourth-order valence-electron chi connectivity index (χ4n) is 4.88. The second-order valence-electron chi connectivity index (χ2n) is 8.06. The highest BCUT2D eigenvalue weighted by atomic mass is 16.3. The van der Waals surface area contributed by atoms with Crippen molar-refractivity contribution in [2.24, 2.45) is 11.5 Å². The van der Waals surface area contributed by atoms with Crippen molar-refractivity contribution < 1.29 is 14.7 Å². The number of urea groups is 1. The van der Waals surface area contributed by atoms with E-state index >= 15 is 0 Å². The molecule has 3 aromatic rings. The predicted octanol–water partition coefficient (Wildman–Crippen LogP) is 1.35.